The van der Waals surface area contributed by atoms with E-state index in [0.29, 0.717) is 15.8 Å². The van der Waals surface area contributed by atoms with Gasteiger partial charge in [-0.3, -0.25) is 4.79 Å². The highest BCUT2D eigenvalue weighted by Crippen LogP contribution is 2.29. The Morgan fingerprint density at radius 3 is 2.28 bits per heavy atom. The van der Waals surface area contributed by atoms with E-state index in [-0.39, 0.29) is 17.1 Å². The van der Waals surface area contributed by atoms with Gasteiger partial charge in [-0.1, -0.05) is 45.0 Å². The van der Waals surface area contributed by atoms with Crippen LogP contribution in [-0.4, -0.2) is 11.1 Å². The molecule has 0 saturated carbocycles. The third-order valence-electron chi connectivity index (χ3n) is 3.78. The molecule has 1 aliphatic rings. The number of hydrogen-bond acceptors (Lipinski definition) is 3. The van der Waals surface area contributed by atoms with Crippen LogP contribution < -0.4 is 5.32 Å². The van der Waals surface area contributed by atoms with Gasteiger partial charge in [0.25, 0.3) is 5.91 Å². The Labute approximate surface area is 151 Å². The molecule has 0 atom stereocenters. The highest BCUT2D eigenvalue weighted by Gasteiger charge is 2.23. The molecule has 0 bridgehead atoms. The van der Waals surface area contributed by atoms with Gasteiger partial charge in [0.2, 0.25) is 0 Å². The van der Waals surface area contributed by atoms with Crippen LogP contribution in [0.1, 0.15) is 31.9 Å². The maximum Gasteiger partial charge on any atom is 0.264 e. The Kier molecular flexibility index (Phi) is 4.77. The summed E-state index contributed by atoms with van der Waals surface area (Å²) in [7, 11) is 0. The lowest BCUT2D eigenvalue weighted by atomic mass is 9.87. The number of amidine groups is 1. The summed E-state index contributed by atoms with van der Waals surface area (Å²) in [5, 5.41) is 3.23. The van der Waals surface area contributed by atoms with Crippen LogP contribution >= 0.6 is 11.8 Å². The number of thioether (sulfide) groups is 1. The molecule has 0 radical (unpaired) electrons. The van der Waals surface area contributed by atoms with E-state index in [0.717, 1.165) is 5.56 Å². The van der Waals surface area contributed by atoms with Gasteiger partial charge in [0.15, 0.2) is 5.17 Å². The first-order valence-corrected chi connectivity index (χ1v) is 8.79. The fourth-order valence-corrected chi connectivity index (χ4v) is 3.19. The Balaban J connectivity index is 1.78. The fourth-order valence-electron chi connectivity index (χ4n) is 2.34. The zero-order valence-corrected chi connectivity index (χ0v) is 15.2. The summed E-state index contributed by atoms with van der Waals surface area (Å²) >= 11 is 1.28. The molecule has 3 rings (SSSR count). The van der Waals surface area contributed by atoms with E-state index in [2.05, 4.69) is 43.2 Å². The minimum Gasteiger partial charge on any atom is -0.300 e. The van der Waals surface area contributed by atoms with E-state index in [1.807, 2.05) is 18.2 Å². The van der Waals surface area contributed by atoms with Gasteiger partial charge in [-0.25, -0.2) is 9.38 Å². The van der Waals surface area contributed by atoms with Crippen molar-refractivity contribution in [3.05, 3.63) is 70.4 Å². The molecule has 25 heavy (non-hydrogen) atoms. The number of aliphatic imine (C=N–C) groups is 1. The first kappa shape index (κ1) is 17.4. The van der Waals surface area contributed by atoms with Crippen molar-refractivity contribution < 1.29 is 9.18 Å². The van der Waals surface area contributed by atoms with Crippen molar-refractivity contribution in [2.24, 2.45) is 4.99 Å². The van der Waals surface area contributed by atoms with Crippen molar-refractivity contribution >= 4 is 34.6 Å². The number of rotatable bonds is 2. The lowest BCUT2D eigenvalue weighted by molar-refractivity contribution is -0.115. The molecule has 0 unspecified atom stereocenters. The summed E-state index contributed by atoms with van der Waals surface area (Å²) in [6.45, 7) is 6.50. The zero-order valence-electron chi connectivity index (χ0n) is 14.3. The monoisotopic (exact) mass is 354 g/mol. The van der Waals surface area contributed by atoms with E-state index >= 15 is 0 Å². The van der Waals surface area contributed by atoms with Crippen LogP contribution in [0.25, 0.3) is 6.08 Å². The molecule has 1 N–H and O–H groups in total. The first-order valence-electron chi connectivity index (χ1n) is 7.97. The van der Waals surface area contributed by atoms with Gasteiger partial charge < -0.3 is 5.32 Å². The Morgan fingerprint density at radius 2 is 1.68 bits per heavy atom. The highest BCUT2D eigenvalue weighted by atomic mass is 32.2. The lowest BCUT2D eigenvalue weighted by Crippen LogP contribution is -2.19. The number of nitrogens with zero attached hydrogens (tertiary/aromatic N) is 1. The van der Waals surface area contributed by atoms with Crippen LogP contribution in [0.3, 0.4) is 0 Å². The van der Waals surface area contributed by atoms with Gasteiger partial charge >= 0.3 is 0 Å². The molecule has 0 spiro atoms. The predicted molar refractivity (Wildman–Crippen MR) is 102 cm³/mol. The molecule has 5 heteroatoms. The van der Waals surface area contributed by atoms with Crippen molar-refractivity contribution in [2.75, 3.05) is 0 Å². The summed E-state index contributed by atoms with van der Waals surface area (Å²) in [5.74, 6) is -0.489. The Hall–Kier alpha value is -2.40. The number of amides is 1. The van der Waals surface area contributed by atoms with Crippen LogP contribution in [0, 0.1) is 5.82 Å². The van der Waals surface area contributed by atoms with E-state index in [1.54, 1.807) is 12.1 Å². The average molecular weight is 354 g/mol. The fraction of sp³-hybridized carbons (Fsp3) is 0.200. The standard InChI is InChI=1S/C20H19FN2OS/c1-20(2,3)14-6-4-13(5-7-14)12-17-18(24)23-19(25-17)22-16-10-8-15(21)9-11-16/h4-12H,1-3H3,(H,22,23,24)/b17-12-. The molecule has 1 saturated heterocycles. The number of nitrogens with one attached hydrogen (secondary N) is 1. The largest absolute Gasteiger partial charge is 0.300 e. The highest BCUT2D eigenvalue weighted by molar-refractivity contribution is 8.18. The van der Waals surface area contributed by atoms with E-state index < -0.39 is 0 Å². The summed E-state index contributed by atoms with van der Waals surface area (Å²) < 4.78 is 12.9. The molecule has 1 heterocycles. The summed E-state index contributed by atoms with van der Waals surface area (Å²) in [6.07, 6.45) is 1.85. The third-order valence-corrected chi connectivity index (χ3v) is 4.69. The van der Waals surface area contributed by atoms with Gasteiger partial charge in [0, 0.05) is 0 Å². The third kappa shape index (κ3) is 4.37. The molecule has 1 amide bonds. The van der Waals surface area contributed by atoms with Gasteiger partial charge in [-0.2, -0.15) is 0 Å². The number of benzene rings is 2. The molecule has 2 aromatic carbocycles. The lowest BCUT2D eigenvalue weighted by Gasteiger charge is -2.18. The van der Waals surface area contributed by atoms with E-state index in [4.69, 9.17) is 0 Å². The van der Waals surface area contributed by atoms with Crippen molar-refractivity contribution in [1.29, 1.82) is 0 Å². The first-order chi connectivity index (χ1) is 11.8. The minimum atomic E-state index is -0.314. The molecule has 0 aromatic heterocycles. The maximum absolute atomic E-state index is 12.9. The summed E-state index contributed by atoms with van der Waals surface area (Å²) in [4.78, 5) is 17.0. The topological polar surface area (TPSA) is 41.5 Å². The van der Waals surface area contributed by atoms with Crippen LogP contribution in [0.15, 0.2) is 58.4 Å². The van der Waals surface area contributed by atoms with Crippen molar-refractivity contribution in [3.8, 4) is 0 Å². The summed E-state index contributed by atoms with van der Waals surface area (Å²) in [5.41, 5.74) is 2.91. The van der Waals surface area contributed by atoms with E-state index in [1.165, 1.54) is 29.5 Å². The predicted octanol–water partition coefficient (Wildman–Crippen LogP) is 5.01. The second-order valence-electron chi connectivity index (χ2n) is 6.83. The van der Waals surface area contributed by atoms with Crippen molar-refractivity contribution in [2.45, 2.75) is 26.2 Å². The molecular weight excluding hydrogens is 335 g/mol. The minimum absolute atomic E-state index is 0.0974. The number of hydrogen-bond donors (Lipinski definition) is 1. The average Bonchev–Trinajstić information content (AvgIpc) is 2.89. The Bertz CT molecular complexity index is 847. The second kappa shape index (κ2) is 6.84. The van der Waals surface area contributed by atoms with Gasteiger partial charge in [0.05, 0.1) is 10.6 Å². The summed E-state index contributed by atoms with van der Waals surface area (Å²) in [6, 6.07) is 14.0. The van der Waals surface area contributed by atoms with Crippen molar-refractivity contribution in [3.63, 3.8) is 0 Å². The SMILES string of the molecule is CC(C)(C)c1ccc(/C=C2\SC(=Nc3ccc(F)cc3)NC2=O)cc1. The quantitative estimate of drug-likeness (QED) is 0.770. The molecule has 2 aromatic rings. The van der Waals surface area contributed by atoms with Crippen molar-refractivity contribution in [1.82, 2.24) is 5.32 Å². The molecular formula is C20H19FN2OS. The van der Waals surface area contributed by atoms with E-state index in [9.17, 15) is 9.18 Å². The second-order valence-corrected chi connectivity index (χ2v) is 7.86. The molecule has 0 aliphatic carbocycles. The van der Waals surface area contributed by atoms with Crippen LogP contribution in [0.4, 0.5) is 10.1 Å². The molecule has 128 valence electrons. The molecule has 3 nitrogen and oxygen atoms in total. The Morgan fingerprint density at radius 1 is 1.04 bits per heavy atom. The maximum atomic E-state index is 12.9. The zero-order chi connectivity index (χ0) is 18.0. The van der Waals surface area contributed by atoms with Gasteiger partial charge in [0.1, 0.15) is 5.82 Å². The number of carbonyl (C=O) groups excluding carboxylic acids is 1. The van der Waals surface area contributed by atoms with Crippen LogP contribution in [0.2, 0.25) is 0 Å². The van der Waals surface area contributed by atoms with Crippen LogP contribution in [0.5, 0.6) is 0 Å². The number of halogens is 1. The van der Waals surface area contributed by atoms with Crippen LogP contribution in [-0.2, 0) is 10.2 Å². The molecule has 1 fully saturated rings. The molecule has 1 aliphatic heterocycles. The number of carbonyl (C=O) groups is 1. The smallest absolute Gasteiger partial charge is 0.264 e. The normalized spacial score (nSPS) is 18.0. The van der Waals surface area contributed by atoms with Gasteiger partial charge in [-0.05, 0) is 58.6 Å². The van der Waals surface area contributed by atoms with Gasteiger partial charge in [-0.15, -0.1) is 0 Å².